The molecule has 4 nitrogen and oxygen atoms in total. The monoisotopic (exact) mass is 562 g/mol. The molecular weight excluding hydrogens is 553 g/mol. The van der Waals surface area contributed by atoms with Gasteiger partial charge in [0.05, 0.1) is 24.4 Å². The van der Waals surface area contributed by atoms with Crippen molar-refractivity contribution < 1.29 is 22.6 Å². The minimum atomic E-state index is -4.05. The van der Waals surface area contributed by atoms with Gasteiger partial charge in [-0.1, -0.05) is 0 Å². The second-order valence-electron chi connectivity index (χ2n) is 5.98. The number of methoxy groups -OCH3 is 2. The van der Waals surface area contributed by atoms with Gasteiger partial charge in [0.25, 0.3) is 0 Å². The van der Waals surface area contributed by atoms with E-state index in [0.717, 1.165) is 8.96 Å². The normalized spacial score (nSPS) is 17.3. The predicted octanol–water partition coefficient (Wildman–Crippen LogP) is 5.40. The van der Waals surface area contributed by atoms with Crippen LogP contribution in [0.25, 0.3) is 5.57 Å². The molecule has 0 unspecified atom stereocenters. The highest BCUT2D eigenvalue weighted by atomic mass is 79.9. The fraction of sp³-hybridized carbons (Fsp3) is 0.118. The van der Waals surface area contributed by atoms with Crippen LogP contribution in [0.2, 0.25) is 0 Å². The molecule has 4 rings (SSSR count). The van der Waals surface area contributed by atoms with Crippen molar-refractivity contribution >= 4 is 65.0 Å². The van der Waals surface area contributed by atoms with Crippen LogP contribution in [0.4, 0.5) is 8.63 Å². The number of ether oxygens (including phenoxy) is 2. The van der Waals surface area contributed by atoms with Crippen molar-refractivity contribution in [2.24, 2.45) is 0 Å². The van der Waals surface area contributed by atoms with E-state index >= 15 is 8.63 Å². The summed E-state index contributed by atoms with van der Waals surface area (Å²) >= 11 is 9.97. The van der Waals surface area contributed by atoms with Crippen LogP contribution in [0.15, 0.2) is 51.2 Å². The van der Waals surface area contributed by atoms with Crippen LogP contribution in [-0.4, -0.2) is 34.8 Å². The smallest absolute Gasteiger partial charge is 0.495 e. The van der Waals surface area contributed by atoms with E-state index in [-0.39, 0.29) is 0 Å². The summed E-state index contributed by atoms with van der Waals surface area (Å²) in [5.74, 6) is 1.10. The number of hydrogen-bond acceptors (Lipinski definition) is 2. The Balaban J connectivity index is 2.09. The Morgan fingerprint density at radius 1 is 1.00 bits per heavy atom. The third-order valence-corrected chi connectivity index (χ3v) is 6.68. The van der Waals surface area contributed by atoms with Crippen LogP contribution < -0.4 is 9.47 Å². The second kappa shape index (κ2) is 6.60. The molecule has 2 aliphatic rings. The highest BCUT2D eigenvalue weighted by Crippen LogP contribution is 2.45. The second-order valence-corrected chi connectivity index (χ2v) is 8.40. The zero-order valence-electron chi connectivity index (χ0n) is 14.1. The summed E-state index contributed by atoms with van der Waals surface area (Å²) in [5, 5.41) is 0. The van der Waals surface area contributed by atoms with Gasteiger partial charge in [-0.25, -0.2) is 0 Å². The number of nitrogens with zero attached hydrogens (tertiary/aromatic N) is 2. The van der Waals surface area contributed by atoms with Crippen LogP contribution in [0, 0.1) is 0 Å². The van der Waals surface area contributed by atoms with Crippen molar-refractivity contribution in [3.63, 3.8) is 0 Å². The van der Waals surface area contributed by atoms with E-state index < -0.39 is 6.97 Å². The van der Waals surface area contributed by atoms with Crippen molar-refractivity contribution in [3.05, 3.63) is 62.4 Å². The third kappa shape index (κ3) is 2.67. The summed E-state index contributed by atoms with van der Waals surface area (Å²) in [5.41, 5.74) is 2.19. The van der Waals surface area contributed by atoms with Crippen molar-refractivity contribution in [2.75, 3.05) is 14.2 Å². The Bertz CT molecular complexity index is 1050. The molecular formula is C17H12BBr3F2N2O2. The molecule has 27 heavy (non-hydrogen) atoms. The number of rotatable bonds is 3. The first-order chi connectivity index (χ1) is 12.8. The van der Waals surface area contributed by atoms with Crippen molar-refractivity contribution in [2.45, 2.75) is 0 Å². The van der Waals surface area contributed by atoms with Gasteiger partial charge in [0, 0.05) is 33.8 Å². The lowest BCUT2D eigenvalue weighted by molar-refractivity contribution is -0.358. The number of allylic oxidation sites excluding steroid dienone is 2. The first kappa shape index (κ1) is 19.0. The molecule has 0 radical (unpaired) electrons. The van der Waals surface area contributed by atoms with E-state index in [9.17, 15) is 0 Å². The predicted molar refractivity (Wildman–Crippen MR) is 112 cm³/mol. The van der Waals surface area contributed by atoms with E-state index in [2.05, 4.69) is 47.8 Å². The summed E-state index contributed by atoms with van der Waals surface area (Å²) in [4.78, 5) is 0. The van der Waals surface area contributed by atoms with Crippen LogP contribution in [0.3, 0.4) is 0 Å². The summed E-state index contributed by atoms with van der Waals surface area (Å²) < 4.78 is 44.7. The summed E-state index contributed by atoms with van der Waals surface area (Å²) in [7, 11) is 3.09. The largest absolute Gasteiger partial charge is 0.738 e. The van der Waals surface area contributed by atoms with Gasteiger partial charge in [-0.2, -0.15) is 0 Å². The molecule has 3 heterocycles. The molecule has 0 saturated heterocycles. The zero-order chi connectivity index (χ0) is 19.5. The Morgan fingerprint density at radius 2 is 1.63 bits per heavy atom. The molecule has 2 aromatic rings. The molecule has 0 amide bonds. The molecule has 140 valence electrons. The van der Waals surface area contributed by atoms with Gasteiger partial charge in [-0.15, -0.1) is 0 Å². The Kier molecular flexibility index (Phi) is 4.63. The quantitative estimate of drug-likeness (QED) is 0.467. The van der Waals surface area contributed by atoms with Crippen LogP contribution in [-0.2, 0) is 0 Å². The lowest BCUT2D eigenvalue weighted by atomic mass is 9.86. The molecule has 0 bridgehead atoms. The first-order valence-electron chi connectivity index (χ1n) is 7.87. The summed E-state index contributed by atoms with van der Waals surface area (Å²) in [6, 6.07) is 6.91. The maximum absolute atomic E-state index is 15.3. The molecule has 0 aliphatic carbocycles. The van der Waals surface area contributed by atoms with Crippen LogP contribution in [0.5, 0.6) is 11.5 Å². The Morgan fingerprint density at radius 3 is 2.22 bits per heavy atom. The van der Waals surface area contributed by atoms with Gasteiger partial charge >= 0.3 is 6.97 Å². The number of hydrogen-bond donors (Lipinski definition) is 0. The van der Waals surface area contributed by atoms with Crippen LogP contribution in [0.1, 0.15) is 11.3 Å². The topological polar surface area (TPSA) is 26.4 Å². The summed E-state index contributed by atoms with van der Waals surface area (Å²) in [6.45, 7) is -4.05. The minimum Gasteiger partial charge on any atom is -0.495 e. The molecule has 0 saturated carbocycles. The van der Waals surface area contributed by atoms with Gasteiger partial charge in [0.2, 0.25) is 4.62 Å². The van der Waals surface area contributed by atoms with Crippen LogP contribution >= 0.6 is 47.8 Å². The van der Waals surface area contributed by atoms with Gasteiger partial charge < -0.3 is 27.1 Å². The number of fused-ring (bicyclic) bond motifs is 2. The maximum Gasteiger partial charge on any atom is 0.738 e. The van der Waals surface area contributed by atoms with E-state index in [0.29, 0.717) is 47.7 Å². The first-order valence-corrected chi connectivity index (χ1v) is 10.2. The SMILES string of the molecule is COc1cc(C2=C3C=CC(Br)=[N+]3[B-](F)(F)n3c(Br)ccc32)cc(OC)c1Br. The minimum absolute atomic E-state index is 0.308. The molecule has 0 spiro atoms. The van der Waals surface area contributed by atoms with E-state index in [1.807, 2.05) is 0 Å². The average Bonchev–Trinajstić information content (AvgIpc) is 3.20. The molecule has 0 fully saturated rings. The van der Waals surface area contributed by atoms with Crippen molar-refractivity contribution in [1.29, 1.82) is 0 Å². The van der Waals surface area contributed by atoms with Gasteiger partial charge in [-0.05, 0) is 61.7 Å². The third-order valence-electron chi connectivity index (χ3n) is 4.60. The summed E-state index contributed by atoms with van der Waals surface area (Å²) in [6.07, 6.45) is 3.30. The number of benzene rings is 1. The molecule has 2 aliphatic heterocycles. The van der Waals surface area contributed by atoms with Gasteiger partial charge in [0.15, 0.2) is 5.70 Å². The van der Waals surface area contributed by atoms with Gasteiger partial charge in [0.1, 0.15) is 16.0 Å². The number of halogens is 5. The molecule has 1 aromatic heterocycles. The highest BCUT2D eigenvalue weighted by Gasteiger charge is 2.54. The standard InChI is InChI=1S/C17H12BBr3F2N2O2/c1-26-12-7-9(8-13(27-2)17(12)21)16-10-3-5-14(19)24(10)18(22,23)25-11(16)4-6-15(25)20/h3-8H,1-2H3. The maximum atomic E-state index is 15.3. The van der Waals surface area contributed by atoms with E-state index in [1.54, 1.807) is 50.6 Å². The molecule has 0 N–H and O–H groups in total. The van der Waals surface area contributed by atoms with E-state index in [1.165, 1.54) is 0 Å². The van der Waals surface area contributed by atoms with Crippen molar-refractivity contribution in [3.8, 4) is 11.5 Å². The van der Waals surface area contributed by atoms with Crippen molar-refractivity contribution in [1.82, 2.24) is 4.48 Å². The lowest BCUT2D eigenvalue weighted by Gasteiger charge is -2.32. The number of aromatic nitrogens is 1. The zero-order valence-corrected chi connectivity index (χ0v) is 18.9. The Labute approximate surface area is 179 Å². The average molecular weight is 565 g/mol. The van der Waals surface area contributed by atoms with Gasteiger partial charge in [-0.3, -0.25) is 0 Å². The van der Waals surface area contributed by atoms with E-state index in [4.69, 9.17) is 9.47 Å². The molecule has 1 aromatic carbocycles. The lowest BCUT2D eigenvalue weighted by Crippen LogP contribution is -2.50. The fourth-order valence-corrected chi connectivity index (χ4v) is 5.13. The highest BCUT2D eigenvalue weighted by molar-refractivity contribution is 9.18. The molecule has 10 heteroatoms. The Hall–Kier alpha value is -1.39. The molecule has 0 atom stereocenters. The fourth-order valence-electron chi connectivity index (χ4n) is 3.44.